The van der Waals surface area contributed by atoms with Crippen molar-refractivity contribution in [2.24, 2.45) is 0 Å². The van der Waals surface area contributed by atoms with Gasteiger partial charge >= 0.3 is 0 Å². The average Bonchev–Trinajstić information content (AvgIpc) is 3.15. The van der Waals surface area contributed by atoms with Crippen molar-refractivity contribution in [2.45, 2.75) is 23.9 Å². The maximum atomic E-state index is 12.3. The molecule has 0 aliphatic rings. The van der Waals surface area contributed by atoms with Crippen LogP contribution in [0.5, 0.6) is 5.75 Å². The van der Waals surface area contributed by atoms with Crippen molar-refractivity contribution < 1.29 is 13.9 Å². The molecule has 8 heteroatoms. The average molecular weight is 404 g/mol. The molecular formula is C19H18ClN3O3S. The van der Waals surface area contributed by atoms with Crippen LogP contribution in [0.15, 0.2) is 58.2 Å². The molecule has 2 aromatic carbocycles. The second-order valence-electron chi connectivity index (χ2n) is 5.71. The number of amides is 1. The molecule has 3 aromatic rings. The summed E-state index contributed by atoms with van der Waals surface area (Å²) in [6.07, 6.45) is 0. The third kappa shape index (κ3) is 5.24. The molecule has 6 nitrogen and oxygen atoms in total. The molecule has 0 aliphatic carbocycles. The van der Waals surface area contributed by atoms with E-state index in [1.54, 1.807) is 38.3 Å². The molecule has 0 bridgehead atoms. The van der Waals surface area contributed by atoms with Crippen molar-refractivity contribution in [2.75, 3.05) is 7.11 Å². The molecule has 0 aliphatic heterocycles. The highest BCUT2D eigenvalue weighted by atomic mass is 35.5. The number of ether oxygens (including phenoxy) is 1. The first-order valence-corrected chi connectivity index (χ1v) is 9.47. The van der Waals surface area contributed by atoms with E-state index in [0.717, 1.165) is 16.9 Å². The minimum atomic E-state index is -0.373. The first-order valence-electron chi connectivity index (χ1n) is 8.22. The molecule has 0 saturated carbocycles. The van der Waals surface area contributed by atoms with E-state index >= 15 is 0 Å². The van der Waals surface area contributed by atoms with Crippen LogP contribution in [0.1, 0.15) is 12.5 Å². The van der Waals surface area contributed by atoms with Gasteiger partial charge in [-0.2, -0.15) is 0 Å². The summed E-state index contributed by atoms with van der Waals surface area (Å²) in [5.41, 5.74) is 1.76. The standard InChI is InChI=1S/C19H18ClN3O3S/c1-12(17(24)21-11-13-3-9-16(25-2)10-4-13)27-19-23-22-18(26-19)14-5-7-15(20)8-6-14/h3-10,12H,11H2,1-2H3,(H,21,24)/t12-/m0/s1. The quantitative estimate of drug-likeness (QED) is 0.596. The molecule has 27 heavy (non-hydrogen) atoms. The molecule has 0 radical (unpaired) electrons. The first-order chi connectivity index (χ1) is 13.0. The number of halogens is 1. The topological polar surface area (TPSA) is 77.2 Å². The van der Waals surface area contributed by atoms with E-state index in [-0.39, 0.29) is 11.2 Å². The zero-order valence-electron chi connectivity index (χ0n) is 14.8. The number of hydrogen-bond acceptors (Lipinski definition) is 6. The third-order valence-electron chi connectivity index (χ3n) is 3.77. The Kier molecular flexibility index (Phi) is 6.36. The number of benzene rings is 2. The van der Waals surface area contributed by atoms with E-state index in [2.05, 4.69) is 15.5 Å². The summed E-state index contributed by atoms with van der Waals surface area (Å²) in [5.74, 6) is 1.06. The van der Waals surface area contributed by atoms with Crippen molar-refractivity contribution >= 4 is 29.3 Å². The van der Waals surface area contributed by atoms with Crippen molar-refractivity contribution in [3.8, 4) is 17.2 Å². The highest BCUT2D eigenvalue weighted by molar-refractivity contribution is 8.00. The predicted molar refractivity (Wildman–Crippen MR) is 105 cm³/mol. The zero-order chi connectivity index (χ0) is 19.2. The number of rotatable bonds is 7. The molecule has 0 fully saturated rings. The summed E-state index contributed by atoms with van der Waals surface area (Å²) in [6.45, 7) is 2.23. The van der Waals surface area contributed by atoms with Crippen molar-refractivity contribution in [1.29, 1.82) is 0 Å². The fourth-order valence-corrected chi connectivity index (χ4v) is 3.08. The van der Waals surface area contributed by atoms with Gasteiger partial charge in [0.15, 0.2) is 0 Å². The third-order valence-corrected chi connectivity index (χ3v) is 4.96. The second-order valence-corrected chi connectivity index (χ2v) is 7.43. The summed E-state index contributed by atoms with van der Waals surface area (Å²) in [5, 5.41) is 11.5. The monoisotopic (exact) mass is 403 g/mol. The van der Waals surface area contributed by atoms with E-state index in [0.29, 0.717) is 22.7 Å². The van der Waals surface area contributed by atoms with Gasteiger partial charge in [-0.25, -0.2) is 0 Å². The van der Waals surface area contributed by atoms with Gasteiger partial charge in [-0.15, -0.1) is 10.2 Å². The van der Waals surface area contributed by atoms with Crippen LogP contribution in [0.25, 0.3) is 11.5 Å². The van der Waals surface area contributed by atoms with Crippen LogP contribution in [0.2, 0.25) is 5.02 Å². The number of nitrogens with zero attached hydrogens (tertiary/aromatic N) is 2. The molecule has 1 N–H and O–H groups in total. The fourth-order valence-electron chi connectivity index (χ4n) is 2.25. The van der Waals surface area contributed by atoms with Crippen LogP contribution in [0, 0.1) is 0 Å². The van der Waals surface area contributed by atoms with Gasteiger partial charge in [0.25, 0.3) is 5.22 Å². The number of carbonyl (C=O) groups is 1. The molecule has 140 valence electrons. The van der Waals surface area contributed by atoms with Gasteiger partial charge < -0.3 is 14.5 Å². The fraction of sp³-hybridized carbons (Fsp3) is 0.211. The van der Waals surface area contributed by atoms with Gasteiger partial charge in [-0.1, -0.05) is 35.5 Å². The lowest BCUT2D eigenvalue weighted by Crippen LogP contribution is -2.30. The minimum Gasteiger partial charge on any atom is -0.497 e. The molecule has 1 aromatic heterocycles. The van der Waals surface area contributed by atoms with Gasteiger partial charge in [0.2, 0.25) is 11.8 Å². The number of hydrogen-bond donors (Lipinski definition) is 1. The Balaban J connectivity index is 1.54. The lowest BCUT2D eigenvalue weighted by Gasteiger charge is -2.10. The SMILES string of the molecule is COc1ccc(CNC(=O)[C@H](C)Sc2nnc(-c3ccc(Cl)cc3)o2)cc1. The maximum Gasteiger partial charge on any atom is 0.277 e. The van der Waals surface area contributed by atoms with Crippen LogP contribution in [0.3, 0.4) is 0 Å². The van der Waals surface area contributed by atoms with Gasteiger partial charge in [-0.3, -0.25) is 4.79 Å². The molecule has 0 spiro atoms. The predicted octanol–water partition coefficient (Wildman–Crippen LogP) is 4.20. The van der Waals surface area contributed by atoms with Crippen LogP contribution in [-0.4, -0.2) is 28.5 Å². The van der Waals surface area contributed by atoms with Crippen LogP contribution >= 0.6 is 23.4 Å². The summed E-state index contributed by atoms with van der Waals surface area (Å²) < 4.78 is 10.7. The number of carbonyl (C=O) groups excluding carboxylic acids is 1. The zero-order valence-corrected chi connectivity index (χ0v) is 16.4. The molecule has 1 atom stereocenters. The first kappa shape index (κ1) is 19.3. The molecule has 1 amide bonds. The number of methoxy groups -OCH3 is 1. The summed E-state index contributed by atoms with van der Waals surface area (Å²) in [6, 6.07) is 14.6. The Bertz CT molecular complexity index is 897. The van der Waals surface area contributed by atoms with Crippen molar-refractivity contribution in [3.05, 3.63) is 59.1 Å². The largest absolute Gasteiger partial charge is 0.497 e. The Hall–Kier alpha value is -2.51. The highest BCUT2D eigenvalue weighted by Crippen LogP contribution is 2.27. The number of aromatic nitrogens is 2. The van der Waals surface area contributed by atoms with Crippen molar-refractivity contribution in [3.63, 3.8) is 0 Å². The van der Waals surface area contributed by atoms with Crippen molar-refractivity contribution in [1.82, 2.24) is 15.5 Å². The van der Waals surface area contributed by atoms with Gasteiger partial charge in [0.05, 0.1) is 12.4 Å². The summed E-state index contributed by atoms with van der Waals surface area (Å²) in [4.78, 5) is 12.3. The summed E-state index contributed by atoms with van der Waals surface area (Å²) in [7, 11) is 1.62. The number of nitrogens with one attached hydrogen (secondary N) is 1. The van der Waals surface area contributed by atoms with Gasteiger partial charge in [0, 0.05) is 17.1 Å². The lowest BCUT2D eigenvalue weighted by atomic mass is 10.2. The van der Waals surface area contributed by atoms with E-state index < -0.39 is 0 Å². The molecular weight excluding hydrogens is 386 g/mol. The molecule has 1 heterocycles. The lowest BCUT2D eigenvalue weighted by molar-refractivity contribution is -0.120. The Morgan fingerprint density at radius 1 is 1.19 bits per heavy atom. The highest BCUT2D eigenvalue weighted by Gasteiger charge is 2.18. The Labute approximate surface area is 166 Å². The van der Waals surface area contributed by atoms with Gasteiger partial charge in [0.1, 0.15) is 5.75 Å². The molecule has 0 saturated heterocycles. The summed E-state index contributed by atoms with van der Waals surface area (Å²) >= 11 is 7.09. The second kappa shape index (κ2) is 8.92. The Morgan fingerprint density at radius 2 is 1.89 bits per heavy atom. The smallest absolute Gasteiger partial charge is 0.277 e. The normalized spacial score (nSPS) is 11.8. The van der Waals surface area contributed by atoms with Crippen LogP contribution < -0.4 is 10.1 Å². The minimum absolute atomic E-state index is 0.109. The van der Waals surface area contributed by atoms with E-state index in [1.165, 1.54) is 11.8 Å². The van der Waals surface area contributed by atoms with Gasteiger partial charge in [-0.05, 0) is 48.9 Å². The Morgan fingerprint density at radius 3 is 2.56 bits per heavy atom. The molecule has 0 unspecified atom stereocenters. The van der Waals surface area contributed by atoms with E-state index in [9.17, 15) is 4.79 Å². The van der Waals surface area contributed by atoms with E-state index in [1.807, 2.05) is 24.3 Å². The molecule has 3 rings (SSSR count). The van der Waals surface area contributed by atoms with Crippen LogP contribution in [0.4, 0.5) is 0 Å². The number of thioether (sulfide) groups is 1. The van der Waals surface area contributed by atoms with Crippen LogP contribution in [-0.2, 0) is 11.3 Å². The maximum absolute atomic E-state index is 12.3. The van der Waals surface area contributed by atoms with E-state index in [4.69, 9.17) is 20.8 Å².